The summed E-state index contributed by atoms with van der Waals surface area (Å²) in [5.74, 6) is 0.629. The summed E-state index contributed by atoms with van der Waals surface area (Å²) in [7, 11) is 0. The van der Waals surface area contributed by atoms with Gasteiger partial charge in [-0.2, -0.15) is 0 Å². The van der Waals surface area contributed by atoms with E-state index in [9.17, 15) is 9.59 Å². The fraction of sp³-hybridized carbons (Fsp3) is 0.643. The number of rotatable bonds is 6. The fourth-order valence-electron chi connectivity index (χ4n) is 2.53. The second-order valence-corrected chi connectivity index (χ2v) is 6.17. The zero-order valence-electron chi connectivity index (χ0n) is 12.1. The van der Waals surface area contributed by atoms with Crippen LogP contribution in [0.3, 0.4) is 0 Å². The van der Waals surface area contributed by atoms with Crippen molar-refractivity contribution in [3.63, 3.8) is 0 Å². The fourth-order valence-corrected chi connectivity index (χ4v) is 3.05. The second-order valence-electron chi connectivity index (χ2n) is 5.28. The molecule has 3 amide bonds. The van der Waals surface area contributed by atoms with E-state index in [2.05, 4.69) is 20.9 Å². The highest BCUT2D eigenvalue weighted by Gasteiger charge is 2.16. The van der Waals surface area contributed by atoms with Gasteiger partial charge in [0.15, 0.2) is 5.13 Å². The molecule has 1 aliphatic carbocycles. The predicted molar refractivity (Wildman–Crippen MR) is 83.3 cm³/mol. The van der Waals surface area contributed by atoms with Gasteiger partial charge in [-0.15, -0.1) is 11.3 Å². The van der Waals surface area contributed by atoms with Gasteiger partial charge >= 0.3 is 6.03 Å². The molecule has 2 rings (SSSR count). The predicted octanol–water partition coefficient (Wildman–Crippen LogP) is 2.35. The largest absolute Gasteiger partial charge is 0.354 e. The van der Waals surface area contributed by atoms with Crippen LogP contribution in [0.25, 0.3) is 0 Å². The zero-order chi connectivity index (χ0) is 14.9. The Bertz CT molecular complexity index is 444. The van der Waals surface area contributed by atoms with Crippen molar-refractivity contribution >= 4 is 28.4 Å². The summed E-state index contributed by atoms with van der Waals surface area (Å²) in [6.07, 6.45) is 8.38. The summed E-state index contributed by atoms with van der Waals surface area (Å²) in [6.45, 7) is 0.866. The third-order valence-corrected chi connectivity index (χ3v) is 4.27. The molecule has 116 valence electrons. The normalized spacial score (nSPS) is 15.4. The lowest BCUT2D eigenvalue weighted by atomic mass is 9.87. The number of urea groups is 1. The molecule has 1 saturated carbocycles. The zero-order valence-corrected chi connectivity index (χ0v) is 12.9. The van der Waals surface area contributed by atoms with Crippen LogP contribution in [0.15, 0.2) is 11.6 Å². The van der Waals surface area contributed by atoms with E-state index in [-0.39, 0.29) is 11.9 Å². The van der Waals surface area contributed by atoms with Crippen LogP contribution in [-0.4, -0.2) is 30.0 Å². The standard InChI is InChI=1S/C14H22N4O2S/c19-12(10-11-4-2-1-3-5-11)15-6-7-16-13(20)18-14-17-8-9-21-14/h8-9,11H,1-7,10H2,(H,15,19)(H2,16,17,18,20). The first kappa shape index (κ1) is 15.8. The van der Waals surface area contributed by atoms with Crippen molar-refractivity contribution in [2.75, 3.05) is 18.4 Å². The van der Waals surface area contributed by atoms with E-state index >= 15 is 0 Å². The van der Waals surface area contributed by atoms with Crippen molar-refractivity contribution in [3.05, 3.63) is 11.6 Å². The van der Waals surface area contributed by atoms with Gasteiger partial charge in [0.05, 0.1) is 0 Å². The van der Waals surface area contributed by atoms with Gasteiger partial charge in [-0.05, 0) is 18.8 Å². The van der Waals surface area contributed by atoms with Crippen molar-refractivity contribution in [3.8, 4) is 0 Å². The number of nitrogens with zero attached hydrogens (tertiary/aromatic N) is 1. The maximum atomic E-state index is 11.8. The molecular weight excluding hydrogens is 288 g/mol. The van der Waals surface area contributed by atoms with Crippen molar-refractivity contribution in [2.45, 2.75) is 38.5 Å². The van der Waals surface area contributed by atoms with Crippen LogP contribution in [-0.2, 0) is 4.79 Å². The summed E-state index contributed by atoms with van der Waals surface area (Å²) < 4.78 is 0. The van der Waals surface area contributed by atoms with E-state index in [4.69, 9.17) is 0 Å². The maximum Gasteiger partial charge on any atom is 0.321 e. The minimum atomic E-state index is -0.300. The number of carbonyl (C=O) groups excluding carboxylic acids is 2. The van der Waals surface area contributed by atoms with Crippen LogP contribution in [0.4, 0.5) is 9.93 Å². The molecule has 1 aromatic rings. The molecular formula is C14H22N4O2S. The first-order chi connectivity index (χ1) is 10.2. The molecule has 6 nitrogen and oxygen atoms in total. The molecule has 1 fully saturated rings. The number of anilines is 1. The van der Waals surface area contributed by atoms with Gasteiger partial charge in [-0.1, -0.05) is 19.3 Å². The van der Waals surface area contributed by atoms with Crippen LogP contribution in [0.5, 0.6) is 0 Å². The molecule has 1 aromatic heterocycles. The van der Waals surface area contributed by atoms with Gasteiger partial charge in [0.1, 0.15) is 0 Å². The summed E-state index contributed by atoms with van der Waals surface area (Å²) in [5.41, 5.74) is 0. The molecule has 7 heteroatoms. The van der Waals surface area contributed by atoms with Gasteiger partial charge < -0.3 is 10.6 Å². The summed E-state index contributed by atoms with van der Waals surface area (Å²) in [6, 6.07) is -0.300. The molecule has 3 N–H and O–H groups in total. The molecule has 0 radical (unpaired) electrons. The van der Waals surface area contributed by atoms with E-state index in [1.54, 1.807) is 11.6 Å². The first-order valence-electron chi connectivity index (χ1n) is 7.45. The van der Waals surface area contributed by atoms with E-state index < -0.39 is 0 Å². The Morgan fingerprint density at radius 2 is 1.95 bits per heavy atom. The SMILES string of the molecule is O=C(CC1CCCCC1)NCCNC(=O)Nc1nccs1. The molecule has 0 spiro atoms. The molecule has 1 aliphatic rings. The Balaban J connectivity index is 1.52. The molecule has 0 bridgehead atoms. The van der Waals surface area contributed by atoms with Crippen molar-refractivity contribution in [1.82, 2.24) is 15.6 Å². The van der Waals surface area contributed by atoms with Crippen LogP contribution >= 0.6 is 11.3 Å². The first-order valence-corrected chi connectivity index (χ1v) is 8.33. The van der Waals surface area contributed by atoms with Crippen molar-refractivity contribution in [2.24, 2.45) is 5.92 Å². The van der Waals surface area contributed by atoms with E-state index in [1.807, 2.05) is 0 Å². The topological polar surface area (TPSA) is 83.1 Å². The highest BCUT2D eigenvalue weighted by Crippen LogP contribution is 2.25. The average Bonchev–Trinajstić information content (AvgIpc) is 2.97. The van der Waals surface area contributed by atoms with Crippen molar-refractivity contribution < 1.29 is 9.59 Å². The van der Waals surface area contributed by atoms with E-state index in [0.717, 1.165) is 0 Å². The monoisotopic (exact) mass is 310 g/mol. The third kappa shape index (κ3) is 6.12. The van der Waals surface area contributed by atoms with Crippen LogP contribution < -0.4 is 16.0 Å². The van der Waals surface area contributed by atoms with Gasteiger partial charge in [-0.3, -0.25) is 10.1 Å². The van der Waals surface area contributed by atoms with Crippen LogP contribution in [0, 0.1) is 5.92 Å². The molecule has 0 unspecified atom stereocenters. The molecule has 1 heterocycles. The Labute approximate surface area is 128 Å². The van der Waals surface area contributed by atoms with Gasteiger partial charge in [-0.25, -0.2) is 9.78 Å². The van der Waals surface area contributed by atoms with E-state index in [0.29, 0.717) is 30.6 Å². The number of amides is 3. The van der Waals surface area contributed by atoms with Gasteiger partial charge in [0, 0.05) is 31.1 Å². The number of nitrogens with one attached hydrogen (secondary N) is 3. The van der Waals surface area contributed by atoms with Crippen molar-refractivity contribution in [1.29, 1.82) is 0 Å². The molecule has 0 aliphatic heterocycles. The molecule has 0 saturated heterocycles. The smallest absolute Gasteiger partial charge is 0.321 e. The number of thiazole rings is 1. The Morgan fingerprint density at radius 1 is 1.19 bits per heavy atom. The lowest BCUT2D eigenvalue weighted by Gasteiger charge is -2.20. The molecule has 0 atom stereocenters. The highest BCUT2D eigenvalue weighted by molar-refractivity contribution is 7.13. The summed E-state index contributed by atoms with van der Waals surface area (Å²) in [5, 5.41) is 10.5. The quantitative estimate of drug-likeness (QED) is 0.705. The molecule has 0 aromatic carbocycles. The Hall–Kier alpha value is -1.63. The van der Waals surface area contributed by atoms with Crippen LogP contribution in [0.2, 0.25) is 0 Å². The number of aromatic nitrogens is 1. The third-order valence-electron chi connectivity index (χ3n) is 3.58. The number of carbonyl (C=O) groups is 2. The second kappa shape index (κ2) is 8.61. The lowest BCUT2D eigenvalue weighted by Crippen LogP contribution is -2.37. The Morgan fingerprint density at radius 3 is 2.67 bits per heavy atom. The minimum absolute atomic E-state index is 0.0871. The highest BCUT2D eigenvalue weighted by atomic mass is 32.1. The maximum absolute atomic E-state index is 11.8. The molecule has 21 heavy (non-hydrogen) atoms. The summed E-state index contributed by atoms with van der Waals surface area (Å²) >= 11 is 1.36. The van der Waals surface area contributed by atoms with Crippen LogP contribution in [0.1, 0.15) is 38.5 Å². The number of hydrogen-bond acceptors (Lipinski definition) is 4. The summed E-state index contributed by atoms with van der Waals surface area (Å²) in [4.78, 5) is 27.2. The van der Waals surface area contributed by atoms with Gasteiger partial charge in [0.25, 0.3) is 0 Å². The van der Waals surface area contributed by atoms with Gasteiger partial charge in [0.2, 0.25) is 5.91 Å². The Kier molecular flexibility index (Phi) is 6.46. The number of hydrogen-bond donors (Lipinski definition) is 3. The lowest BCUT2D eigenvalue weighted by molar-refractivity contribution is -0.122. The minimum Gasteiger partial charge on any atom is -0.354 e. The average molecular weight is 310 g/mol. The van der Waals surface area contributed by atoms with E-state index in [1.165, 1.54) is 43.4 Å².